The van der Waals surface area contributed by atoms with E-state index in [-0.39, 0.29) is 5.56 Å². The zero-order valence-electron chi connectivity index (χ0n) is 16.5. The number of allylic oxidation sites excluding steroid dienone is 1. The van der Waals surface area contributed by atoms with E-state index in [1.807, 2.05) is 50.4 Å². The molecule has 7 nitrogen and oxygen atoms in total. The van der Waals surface area contributed by atoms with E-state index in [0.29, 0.717) is 20.6 Å². The quantitative estimate of drug-likeness (QED) is 0.615. The molecule has 0 amide bonds. The maximum absolute atomic E-state index is 13.4. The average molecular weight is 408 g/mol. The number of fused-ring (bicyclic) bond motifs is 1. The molecule has 0 saturated carbocycles. The molecular formula is C21H20N4O3S. The molecule has 0 fully saturated rings. The van der Waals surface area contributed by atoms with Crippen molar-refractivity contribution in [1.29, 1.82) is 0 Å². The Morgan fingerprint density at radius 1 is 1.24 bits per heavy atom. The summed E-state index contributed by atoms with van der Waals surface area (Å²) < 4.78 is 8.88. The van der Waals surface area contributed by atoms with Gasteiger partial charge in [0.25, 0.3) is 5.56 Å². The summed E-state index contributed by atoms with van der Waals surface area (Å²) in [5, 5.41) is 4.23. The van der Waals surface area contributed by atoms with E-state index in [2.05, 4.69) is 10.1 Å². The molecule has 1 atom stereocenters. The van der Waals surface area contributed by atoms with Crippen molar-refractivity contribution in [3.8, 4) is 0 Å². The fourth-order valence-corrected chi connectivity index (χ4v) is 4.48. The third kappa shape index (κ3) is 3.15. The second-order valence-corrected chi connectivity index (χ2v) is 7.80. The van der Waals surface area contributed by atoms with Gasteiger partial charge in [-0.2, -0.15) is 5.10 Å². The lowest BCUT2D eigenvalue weighted by Gasteiger charge is -2.24. The van der Waals surface area contributed by atoms with Gasteiger partial charge in [0.2, 0.25) is 0 Å². The molecule has 148 valence electrons. The number of aryl methyl sites for hydroxylation is 1. The molecule has 0 bridgehead atoms. The number of carbonyl (C=O) groups is 1. The summed E-state index contributed by atoms with van der Waals surface area (Å²) in [4.78, 5) is 31.0. The number of nitrogens with zero attached hydrogens (tertiary/aromatic N) is 4. The third-order valence-electron chi connectivity index (χ3n) is 5.10. The van der Waals surface area contributed by atoms with Crippen molar-refractivity contribution in [2.24, 2.45) is 12.0 Å². The van der Waals surface area contributed by atoms with E-state index in [1.165, 1.54) is 18.4 Å². The average Bonchev–Trinajstić information content (AvgIpc) is 3.20. The maximum atomic E-state index is 13.4. The van der Waals surface area contributed by atoms with Crippen LogP contribution >= 0.6 is 11.3 Å². The molecule has 1 aromatic carbocycles. The summed E-state index contributed by atoms with van der Waals surface area (Å²) in [5.74, 6) is -0.488. The summed E-state index contributed by atoms with van der Waals surface area (Å²) in [6.07, 6.45) is 3.55. The Labute approximate surface area is 170 Å². The van der Waals surface area contributed by atoms with Crippen molar-refractivity contribution in [3.63, 3.8) is 0 Å². The minimum Gasteiger partial charge on any atom is -0.466 e. The SMILES string of the molecule is COC(=O)C1=C(C)N=c2sc(=Cc3cnn(C)c3C)c(=O)n2[C@H]1c1ccccc1. The van der Waals surface area contributed by atoms with Gasteiger partial charge in [-0.3, -0.25) is 14.0 Å². The van der Waals surface area contributed by atoms with Crippen molar-refractivity contribution in [1.82, 2.24) is 14.3 Å². The van der Waals surface area contributed by atoms with Gasteiger partial charge >= 0.3 is 5.97 Å². The first-order chi connectivity index (χ1) is 13.9. The molecular weight excluding hydrogens is 388 g/mol. The highest BCUT2D eigenvalue weighted by Crippen LogP contribution is 2.30. The van der Waals surface area contributed by atoms with Crippen molar-refractivity contribution in [2.45, 2.75) is 19.9 Å². The van der Waals surface area contributed by atoms with Gasteiger partial charge in [0.1, 0.15) is 0 Å². The molecule has 0 saturated heterocycles. The van der Waals surface area contributed by atoms with Crippen LogP contribution in [0.15, 0.2) is 57.6 Å². The molecule has 0 N–H and O–H groups in total. The smallest absolute Gasteiger partial charge is 0.338 e. The highest BCUT2D eigenvalue weighted by molar-refractivity contribution is 7.07. The minimum atomic E-state index is -0.586. The predicted molar refractivity (Wildman–Crippen MR) is 110 cm³/mol. The van der Waals surface area contributed by atoms with Crippen LogP contribution < -0.4 is 14.9 Å². The zero-order chi connectivity index (χ0) is 20.7. The second-order valence-electron chi connectivity index (χ2n) is 6.79. The Morgan fingerprint density at radius 2 is 1.97 bits per heavy atom. The monoisotopic (exact) mass is 408 g/mol. The van der Waals surface area contributed by atoms with Gasteiger partial charge in [-0.05, 0) is 25.5 Å². The van der Waals surface area contributed by atoms with E-state index in [4.69, 9.17) is 4.74 Å². The van der Waals surface area contributed by atoms with Crippen LogP contribution in [-0.2, 0) is 16.6 Å². The maximum Gasteiger partial charge on any atom is 0.338 e. The summed E-state index contributed by atoms with van der Waals surface area (Å²) in [5.41, 5.74) is 3.39. The fourth-order valence-electron chi connectivity index (χ4n) is 3.44. The van der Waals surface area contributed by atoms with Crippen molar-refractivity contribution >= 4 is 23.4 Å². The highest BCUT2D eigenvalue weighted by Gasteiger charge is 2.32. The molecule has 0 spiro atoms. The lowest BCUT2D eigenvalue weighted by Crippen LogP contribution is -2.39. The van der Waals surface area contributed by atoms with Crippen LogP contribution in [0.4, 0.5) is 0 Å². The van der Waals surface area contributed by atoms with Crippen molar-refractivity contribution in [2.75, 3.05) is 7.11 Å². The molecule has 0 aliphatic carbocycles. The first-order valence-electron chi connectivity index (χ1n) is 9.06. The van der Waals surface area contributed by atoms with Gasteiger partial charge in [0.15, 0.2) is 4.80 Å². The number of ether oxygens (including phenoxy) is 1. The molecule has 4 rings (SSSR count). The number of benzene rings is 1. The van der Waals surface area contributed by atoms with Crippen LogP contribution in [0, 0.1) is 6.92 Å². The number of aromatic nitrogens is 3. The molecule has 3 aromatic rings. The number of hydrogen-bond acceptors (Lipinski definition) is 6. The van der Waals surface area contributed by atoms with Crippen molar-refractivity contribution in [3.05, 3.63) is 84.3 Å². The number of hydrogen-bond donors (Lipinski definition) is 0. The first-order valence-corrected chi connectivity index (χ1v) is 9.88. The van der Waals surface area contributed by atoms with Gasteiger partial charge < -0.3 is 4.74 Å². The lowest BCUT2D eigenvalue weighted by atomic mass is 9.96. The molecule has 2 aromatic heterocycles. The Kier molecular flexibility index (Phi) is 4.79. The normalized spacial score (nSPS) is 16.6. The standard InChI is InChI=1S/C21H20N4O3S/c1-12-17(20(27)28-4)18(14-8-6-5-7-9-14)25-19(26)16(29-21(25)23-12)10-15-11-22-24(3)13(15)2/h5-11,18H,1-4H3/t18-/m0/s1. The molecule has 1 aliphatic rings. The molecule has 0 unspecified atom stereocenters. The topological polar surface area (TPSA) is 78.5 Å². The van der Waals surface area contributed by atoms with Crippen LogP contribution in [0.25, 0.3) is 6.08 Å². The Morgan fingerprint density at radius 3 is 2.59 bits per heavy atom. The number of methoxy groups -OCH3 is 1. The van der Waals surface area contributed by atoms with E-state index in [9.17, 15) is 9.59 Å². The number of thiazole rings is 1. The molecule has 1 aliphatic heterocycles. The molecule has 0 radical (unpaired) electrons. The zero-order valence-corrected chi connectivity index (χ0v) is 17.4. The summed E-state index contributed by atoms with van der Waals surface area (Å²) in [6.45, 7) is 3.72. The van der Waals surface area contributed by atoms with Gasteiger partial charge in [0, 0.05) is 18.3 Å². The number of rotatable bonds is 3. The minimum absolute atomic E-state index is 0.195. The van der Waals surface area contributed by atoms with E-state index in [1.54, 1.807) is 22.4 Å². The van der Waals surface area contributed by atoms with Gasteiger partial charge in [-0.15, -0.1) is 0 Å². The fraction of sp³-hybridized carbons (Fsp3) is 0.238. The number of carbonyl (C=O) groups excluding carboxylic acids is 1. The summed E-state index contributed by atoms with van der Waals surface area (Å²) in [6, 6.07) is 8.87. The second kappa shape index (κ2) is 7.29. The third-order valence-corrected chi connectivity index (χ3v) is 6.09. The molecule has 8 heteroatoms. The van der Waals surface area contributed by atoms with Gasteiger partial charge in [0.05, 0.1) is 35.2 Å². The Bertz CT molecular complexity index is 1310. The van der Waals surface area contributed by atoms with E-state index >= 15 is 0 Å². The highest BCUT2D eigenvalue weighted by atomic mass is 32.1. The Balaban J connectivity index is 2.00. The largest absolute Gasteiger partial charge is 0.466 e. The predicted octanol–water partition coefficient (Wildman–Crippen LogP) is 1.45. The molecule has 29 heavy (non-hydrogen) atoms. The summed E-state index contributed by atoms with van der Waals surface area (Å²) in [7, 11) is 3.19. The van der Waals surface area contributed by atoms with Crippen LogP contribution in [-0.4, -0.2) is 27.4 Å². The van der Waals surface area contributed by atoms with Crippen LogP contribution in [0.1, 0.15) is 29.8 Å². The van der Waals surface area contributed by atoms with Gasteiger partial charge in [-0.1, -0.05) is 41.7 Å². The van der Waals surface area contributed by atoms with Gasteiger partial charge in [-0.25, -0.2) is 9.79 Å². The van der Waals surface area contributed by atoms with Crippen LogP contribution in [0.5, 0.6) is 0 Å². The van der Waals surface area contributed by atoms with E-state index < -0.39 is 12.0 Å². The first kappa shape index (κ1) is 19.1. The lowest BCUT2D eigenvalue weighted by molar-refractivity contribution is -0.136. The number of esters is 1. The summed E-state index contributed by atoms with van der Waals surface area (Å²) >= 11 is 1.30. The van der Waals surface area contributed by atoms with Crippen LogP contribution in [0.2, 0.25) is 0 Å². The Hall–Kier alpha value is -3.26. The van der Waals surface area contributed by atoms with Crippen molar-refractivity contribution < 1.29 is 9.53 Å². The van der Waals surface area contributed by atoms with E-state index in [0.717, 1.165) is 16.8 Å². The molecule has 3 heterocycles. The van der Waals surface area contributed by atoms with Crippen LogP contribution in [0.3, 0.4) is 0 Å².